The summed E-state index contributed by atoms with van der Waals surface area (Å²) >= 11 is 0. The lowest BCUT2D eigenvalue weighted by Crippen LogP contribution is -2.32. The highest BCUT2D eigenvalue weighted by Crippen LogP contribution is 2.09. The van der Waals surface area contributed by atoms with Gasteiger partial charge in [0.1, 0.15) is 5.84 Å². The van der Waals surface area contributed by atoms with Gasteiger partial charge in [-0.2, -0.15) is 0 Å². The molecule has 0 unspecified atom stereocenters. The Kier molecular flexibility index (Phi) is 11.6. The maximum atomic E-state index is 4.89. The Hall–Kier alpha value is -2.47. The number of aromatic nitrogens is 1. The van der Waals surface area contributed by atoms with Crippen molar-refractivity contribution < 1.29 is 0 Å². The molecule has 0 spiro atoms. The average Bonchev–Trinajstić information content (AvgIpc) is 2.89. The molecule has 0 bridgehead atoms. The van der Waals surface area contributed by atoms with Crippen LogP contribution in [0.5, 0.6) is 0 Å². The van der Waals surface area contributed by atoms with E-state index in [-0.39, 0.29) is 0 Å². The van der Waals surface area contributed by atoms with E-state index in [0.717, 1.165) is 48.8 Å². The highest BCUT2D eigenvalue weighted by atomic mass is 15.1. The van der Waals surface area contributed by atoms with Crippen molar-refractivity contribution in [2.24, 2.45) is 9.98 Å². The van der Waals surface area contributed by atoms with Crippen LogP contribution in [0.4, 0.5) is 0 Å². The number of hydrogen-bond acceptors (Lipinski definition) is 5. The zero-order chi connectivity index (χ0) is 22.3. The number of piperidine rings is 1. The number of pyridine rings is 1. The predicted octanol–water partition coefficient (Wildman–Crippen LogP) is 4.32. The molecule has 6 heteroatoms. The molecular formula is C25H40N6. The number of likely N-dealkylation sites (tertiary alicyclic amines) is 1. The molecular weight excluding hydrogens is 384 g/mol. The maximum Gasteiger partial charge on any atom is 0.126 e. The molecule has 1 saturated heterocycles. The number of rotatable bonds is 7. The third-order valence-electron chi connectivity index (χ3n) is 5.39. The largest absolute Gasteiger partial charge is 0.383 e. The van der Waals surface area contributed by atoms with Crippen LogP contribution < -0.4 is 10.6 Å². The van der Waals surface area contributed by atoms with Crippen LogP contribution in [0, 0.1) is 0 Å². The molecule has 1 aromatic heterocycles. The fourth-order valence-corrected chi connectivity index (χ4v) is 3.63. The SMILES string of the molecule is CC.CC/C1=C(/C)NC(=NCCN2CCCCC2)/C=C(/NCc2cccnc2)CN=C1. The first-order chi connectivity index (χ1) is 15.2. The lowest BCUT2D eigenvalue weighted by molar-refractivity contribution is 0.235. The van der Waals surface area contributed by atoms with Crippen LogP contribution in [-0.2, 0) is 6.54 Å². The van der Waals surface area contributed by atoms with Crippen LogP contribution in [0.3, 0.4) is 0 Å². The van der Waals surface area contributed by atoms with Gasteiger partial charge in [-0.15, -0.1) is 0 Å². The van der Waals surface area contributed by atoms with Gasteiger partial charge in [-0.25, -0.2) is 0 Å². The normalized spacial score (nSPS) is 22.8. The standard InChI is InChI=1S/C23H34N6.C2H6/c1-3-21-17-25-18-22(27-16-20-8-7-9-24-15-20)14-23(28-19(21)2)26-10-13-29-11-5-4-6-12-29;1-2/h7-9,14-15,17,27H,3-6,10-13,16,18H2,1-2H3,(H,26,28);1-2H3/b21-19+,22-14+,25-17?;. The molecule has 3 heterocycles. The quantitative estimate of drug-likeness (QED) is 0.684. The molecule has 1 aromatic rings. The summed E-state index contributed by atoms with van der Waals surface area (Å²) in [6.07, 6.45) is 12.7. The first-order valence-corrected chi connectivity index (χ1v) is 11.8. The Morgan fingerprint density at radius 3 is 2.71 bits per heavy atom. The zero-order valence-corrected chi connectivity index (χ0v) is 19.8. The summed E-state index contributed by atoms with van der Waals surface area (Å²) in [5, 5.41) is 7.03. The smallest absolute Gasteiger partial charge is 0.126 e. The van der Waals surface area contributed by atoms with E-state index in [1.165, 1.54) is 37.9 Å². The van der Waals surface area contributed by atoms with Gasteiger partial charge in [0.05, 0.1) is 13.1 Å². The maximum absolute atomic E-state index is 4.89. The second-order valence-electron chi connectivity index (χ2n) is 7.65. The summed E-state index contributed by atoms with van der Waals surface area (Å²) in [5.74, 6) is 0.907. The molecule has 2 N–H and O–H groups in total. The van der Waals surface area contributed by atoms with Crippen LogP contribution in [0.2, 0.25) is 0 Å². The highest BCUT2D eigenvalue weighted by molar-refractivity contribution is 5.96. The van der Waals surface area contributed by atoms with E-state index >= 15 is 0 Å². The minimum atomic E-state index is 0.615. The van der Waals surface area contributed by atoms with Crippen molar-refractivity contribution in [3.05, 3.63) is 53.1 Å². The molecule has 170 valence electrons. The molecule has 0 amide bonds. The van der Waals surface area contributed by atoms with Gasteiger partial charge in [-0.1, -0.05) is 33.3 Å². The van der Waals surface area contributed by atoms with E-state index < -0.39 is 0 Å². The van der Waals surface area contributed by atoms with Gasteiger partial charge in [-0.3, -0.25) is 15.0 Å². The van der Waals surface area contributed by atoms with Gasteiger partial charge in [-0.05, 0) is 56.5 Å². The number of nitrogens with one attached hydrogen (secondary N) is 2. The molecule has 2 aliphatic rings. The number of aliphatic imine (C=N–C) groups is 2. The number of nitrogens with zero attached hydrogens (tertiary/aromatic N) is 4. The lowest BCUT2D eigenvalue weighted by Gasteiger charge is -2.25. The molecule has 0 saturated carbocycles. The molecule has 3 rings (SSSR count). The second kappa shape index (κ2) is 14.5. The zero-order valence-electron chi connectivity index (χ0n) is 19.8. The molecule has 2 aliphatic heterocycles. The van der Waals surface area contributed by atoms with E-state index in [9.17, 15) is 0 Å². The van der Waals surface area contributed by atoms with Crippen molar-refractivity contribution in [1.29, 1.82) is 0 Å². The number of amidine groups is 1. The molecule has 0 aromatic carbocycles. The Balaban J connectivity index is 0.00000166. The van der Waals surface area contributed by atoms with E-state index in [1.807, 2.05) is 32.3 Å². The van der Waals surface area contributed by atoms with Crippen LogP contribution in [0.1, 0.15) is 58.9 Å². The molecule has 31 heavy (non-hydrogen) atoms. The summed E-state index contributed by atoms with van der Waals surface area (Å²) in [4.78, 5) is 16.2. The fourth-order valence-electron chi connectivity index (χ4n) is 3.63. The summed E-state index contributed by atoms with van der Waals surface area (Å²) in [5.41, 5.74) is 4.55. The Morgan fingerprint density at radius 2 is 2.00 bits per heavy atom. The van der Waals surface area contributed by atoms with E-state index in [1.54, 1.807) is 6.20 Å². The molecule has 6 nitrogen and oxygen atoms in total. The minimum Gasteiger partial charge on any atom is -0.383 e. The lowest BCUT2D eigenvalue weighted by atomic mass is 10.1. The summed E-state index contributed by atoms with van der Waals surface area (Å²) in [6, 6.07) is 4.04. The van der Waals surface area contributed by atoms with Gasteiger partial charge in [0.2, 0.25) is 0 Å². The van der Waals surface area contributed by atoms with Crippen molar-refractivity contribution in [3.63, 3.8) is 0 Å². The third kappa shape index (κ3) is 9.05. The first-order valence-electron chi connectivity index (χ1n) is 11.8. The van der Waals surface area contributed by atoms with Crippen molar-refractivity contribution in [2.75, 3.05) is 32.7 Å². The average molecular weight is 425 g/mol. The van der Waals surface area contributed by atoms with Gasteiger partial charge in [0.15, 0.2) is 0 Å². The van der Waals surface area contributed by atoms with E-state index in [0.29, 0.717) is 6.54 Å². The summed E-state index contributed by atoms with van der Waals surface area (Å²) in [7, 11) is 0. The van der Waals surface area contributed by atoms with Gasteiger partial charge in [0.25, 0.3) is 0 Å². The van der Waals surface area contributed by atoms with Gasteiger partial charge in [0, 0.05) is 49.2 Å². The van der Waals surface area contributed by atoms with Gasteiger partial charge < -0.3 is 15.5 Å². The van der Waals surface area contributed by atoms with Gasteiger partial charge >= 0.3 is 0 Å². The topological polar surface area (TPSA) is 64.9 Å². The Morgan fingerprint density at radius 1 is 1.19 bits per heavy atom. The molecule has 1 fully saturated rings. The van der Waals surface area contributed by atoms with E-state index in [2.05, 4.69) is 51.5 Å². The molecule has 0 atom stereocenters. The minimum absolute atomic E-state index is 0.615. The second-order valence-corrected chi connectivity index (χ2v) is 7.65. The molecule has 0 radical (unpaired) electrons. The number of allylic oxidation sites excluding steroid dienone is 2. The summed E-state index contributed by atoms with van der Waals surface area (Å²) in [6.45, 7) is 13.9. The van der Waals surface area contributed by atoms with Crippen LogP contribution in [0.25, 0.3) is 0 Å². The van der Waals surface area contributed by atoms with Crippen molar-refractivity contribution >= 4 is 12.1 Å². The predicted molar refractivity (Wildman–Crippen MR) is 133 cm³/mol. The van der Waals surface area contributed by atoms with Crippen molar-refractivity contribution in [2.45, 2.75) is 59.9 Å². The van der Waals surface area contributed by atoms with Crippen LogP contribution >= 0.6 is 0 Å². The Labute approximate surface area is 188 Å². The van der Waals surface area contributed by atoms with Crippen molar-refractivity contribution in [3.8, 4) is 0 Å². The van der Waals surface area contributed by atoms with Crippen LogP contribution in [0.15, 0.2) is 57.6 Å². The first kappa shape index (κ1) is 24.8. The Bertz CT molecular complexity index is 757. The van der Waals surface area contributed by atoms with Crippen LogP contribution in [-0.4, -0.2) is 54.7 Å². The summed E-state index contributed by atoms with van der Waals surface area (Å²) < 4.78 is 0. The van der Waals surface area contributed by atoms with E-state index in [4.69, 9.17) is 4.99 Å². The third-order valence-corrected chi connectivity index (χ3v) is 5.39. The monoisotopic (exact) mass is 424 g/mol. The highest BCUT2D eigenvalue weighted by Gasteiger charge is 2.10. The molecule has 0 aliphatic carbocycles. The van der Waals surface area contributed by atoms with Crippen molar-refractivity contribution in [1.82, 2.24) is 20.5 Å². The number of hydrogen-bond donors (Lipinski definition) is 2. The fraction of sp³-hybridized carbons (Fsp3) is 0.560.